The largest absolute Gasteiger partial charge is 0.458 e. The number of hydrogen-bond donors (Lipinski definition) is 1. The van der Waals surface area contributed by atoms with Gasteiger partial charge >= 0.3 is 0 Å². The number of para-hydroxylation sites is 1. The fourth-order valence-electron chi connectivity index (χ4n) is 4.07. The molecule has 0 unspecified atom stereocenters. The summed E-state index contributed by atoms with van der Waals surface area (Å²) in [7, 11) is 0. The molecule has 3 heterocycles. The van der Waals surface area contributed by atoms with E-state index in [4.69, 9.17) is 14.6 Å². The first-order chi connectivity index (χ1) is 13.8. The number of hydrogen-bond acceptors (Lipinski definition) is 4. The average molecular weight is 387 g/mol. The fourth-order valence-corrected chi connectivity index (χ4v) is 4.07. The lowest BCUT2D eigenvalue weighted by Crippen LogP contribution is -2.38. The van der Waals surface area contributed by atoms with Crippen molar-refractivity contribution in [2.75, 3.05) is 5.32 Å². The van der Waals surface area contributed by atoms with E-state index in [0.717, 1.165) is 34.1 Å². The molecule has 1 spiro atoms. The van der Waals surface area contributed by atoms with Crippen molar-refractivity contribution in [3.8, 4) is 17.3 Å². The molecule has 5 nitrogen and oxygen atoms in total. The number of nitrogens with one attached hydrogen (secondary N) is 1. The molecule has 0 saturated carbocycles. The number of aromatic nitrogens is 2. The Morgan fingerprint density at radius 2 is 1.79 bits per heavy atom. The molecule has 1 N–H and O–H groups in total. The zero-order valence-electron chi connectivity index (χ0n) is 17.4. The molecule has 0 saturated heterocycles. The number of fused-ring (bicyclic) bond motifs is 3. The lowest BCUT2D eigenvalue weighted by Gasteiger charge is -2.31. The Morgan fingerprint density at radius 3 is 2.52 bits per heavy atom. The molecule has 1 aromatic heterocycles. The second-order valence-corrected chi connectivity index (χ2v) is 8.79. The van der Waals surface area contributed by atoms with Crippen LogP contribution in [0.2, 0.25) is 0 Å². The smallest absolute Gasteiger partial charge is 0.237 e. The van der Waals surface area contributed by atoms with E-state index in [1.807, 2.05) is 61.0 Å². The van der Waals surface area contributed by atoms with E-state index in [-0.39, 0.29) is 5.41 Å². The zero-order chi connectivity index (χ0) is 20.4. The van der Waals surface area contributed by atoms with Crippen LogP contribution in [0.1, 0.15) is 44.5 Å². The third kappa shape index (κ3) is 2.72. The van der Waals surface area contributed by atoms with E-state index in [2.05, 4.69) is 38.2 Å². The first-order valence-electron chi connectivity index (χ1n) is 9.91. The van der Waals surface area contributed by atoms with Gasteiger partial charge in [0.25, 0.3) is 0 Å². The molecular weight excluding hydrogens is 362 g/mol. The minimum absolute atomic E-state index is 0.0627. The standard InChI is InChI=1S/C24H25N3O2/c1-15-14-24(25-19-13-17(23(3,4)5)11-12-20(19)29-24)21-16(2)26-27(22(21)28-15)18-9-7-6-8-10-18/h6-14,25H,1-5H3/t24-/m0/s1. The molecule has 2 aromatic carbocycles. The first-order valence-corrected chi connectivity index (χ1v) is 9.91. The molecule has 0 aliphatic carbocycles. The van der Waals surface area contributed by atoms with Crippen molar-refractivity contribution in [3.05, 3.63) is 77.2 Å². The van der Waals surface area contributed by atoms with Crippen molar-refractivity contribution in [1.29, 1.82) is 0 Å². The Balaban J connectivity index is 1.64. The highest BCUT2D eigenvalue weighted by Crippen LogP contribution is 2.50. The third-order valence-corrected chi connectivity index (χ3v) is 5.49. The van der Waals surface area contributed by atoms with Crippen LogP contribution in [0.5, 0.6) is 11.6 Å². The Kier molecular flexibility index (Phi) is 3.63. The van der Waals surface area contributed by atoms with Crippen LogP contribution in [0.25, 0.3) is 5.69 Å². The molecule has 29 heavy (non-hydrogen) atoms. The van der Waals surface area contributed by atoms with Gasteiger partial charge in [-0.15, -0.1) is 0 Å². The number of allylic oxidation sites excluding steroid dienone is 1. The summed E-state index contributed by atoms with van der Waals surface area (Å²) in [5, 5.41) is 8.40. The highest BCUT2D eigenvalue weighted by Gasteiger charge is 2.47. The summed E-state index contributed by atoms with van der Waals surface area (Å²) < 4.78 is 14.5. The van der Waals surface area contributed by atoms with Crippen LogP contribution in [-0.4, -0.2) is 9.78 Å². The molecule has 0 radical (unpaired) electrons. The van der Waals surface area contributed by atoms with E-state index in [1.165, 1.54) is 5.56 Å². The van der Waals surface area contributed by atoms with Crippen LogP contribution >= 0.6 is 0 Å². The number of ether oxygens (including phenoxy) is 2. The lowest BCUT2D eigenvalue weighted by molar-refractivity contribution is 0.153. The number of anilines is 1. The maximum Gasteiger partial charge on any atom is 0.237 e. The minimum Gasteiger partial charge on any atom is -0.458 e. The second-order valence-electron chi connectivity index (χ2n) is 8.79. The van der Waals surface area contributed by atoms with Crippen LogP contribution in [0.15, 0.2) is 60.4 Å². The molecule has 5 heteroatoms. The third-order valence-electron chi connectivity index (χ3n) is 5.49. The van der Waals surface area contributed by atoms with Crippen LogP contribution in [0.4, 0.5) is 5.69 Å². The second kappa shape index (κ2) is 5.89. The molecule has 148 valence electrons. The maximum absolute atomic E-state index is 6.51. The molecular formula is C24H25N3O2. The molecule has 1 atom stereocenters. The summed E-state index contributed by atoms with van der Waals surface area (Å²) in [5.74, 6) is 2.29. The molecule has 2 aliphatic heterocycles. The summed E-state index contributed by atoms with van der Waals surface area (Å²) in [6.07, 6.45) is 2.00. The quantitative estimate of drug-likeness (QED) is 0.605. The van der Waals surface area contributed by atoms with Gasteiger partial charge in [-0.25, -0.2) is 4.68 Å². The van der Waals surface area contributed by atoms with Gasteiger partial charge in [0.05, 0.1) is 17.1 Å². The van der Waals surface area contributed by atoms with E-state index in [1.54, 1.807) is 0 Å². The monoisotopic (exact) mass is 387 g/mol. The van der Waals surface area contributed by atoms with Gasteiger partial charge in [-0.1, -0.05) is 45.0 Å². The molecule has 0 bridgehead atoms. The summed E-state index contributed by atoms with van der Waals surface area (Å²) in [6.45, 7) is 10.6. The van der Waals surface area contributed by atoms with E-state index >= 15 is 0 Å². The number of nitrogens with zero attached hydrogens (tertiary/aromatic N) is 2. The van der Waals surface area contributed by atoms with Crippen molar-refractivity contribution in [2.24, 2.45) is 0 Å². The number of aryl methyl sites for hydroxylation is 1. The van der Waals surface area contributed by atoms with Gasteiger partial charge < -0.3 is 14.8 Å². The molecule has 3 aromatic rings. The first kappa shape index (κ1) is 17.9. The van der Waals surface area contributed by atoms with Gasteiger partial charge in [-0.2, -0.15) is 5.10 Å². The normalized spacial score (nSPS) is 19.7. The van der Waals surface area contributed by atoms with Crippen molar-refractivity contribution in [1.82, 2.24) is 9.78 Å². The van der Waals surface area contributed by atoms with E-state index in [9.17, 15) is 0 Å². The Hall–Kier alpha value is -3.21. The molecule has 5 rings (SSSR count). The van der Waals surface area contributed by atoms with Gasteiger partial charge in [0.15, 0.2) is 0 Å². The molecule has 0 amide bonds. The van der Waals surface area contributed by atoms with E-state index in [0.29, 0.717) is 5.88 Å². The molecule has 0 fully saturated rings. The van der Waals surface area contributed by atoms with Gasteiger partial charge in [0, 0.05) is 6.08 Å². The number of rotatable bonds is 1. The van der Waals surface area contributed by atoms with Gasteiger partial charge in [-0.3, -0.25) is 0 Å². The van der Waals surface area contributed by atoms with Crippen LogP contribution in [0, 0.1) is 6.92 Å². The lowest BCUT2D eigenvalue weighted by atomic mass is 9.87. The minimum atomic E-state index is -0.826. The topological polar surface area (TPSA) is 48.3 Å². The Morgan fingerprint density at radius 1 is 1.03 bits per heavy atom. The summed E-state index contributed by atoms with van der Waals surface area (Å²) >= 11 is 0. The highest BCUT2D eigenvalue weighted by atomic mass is 16.5. The van der Waals surface area contributed by atoms with Crippen LogP contribution in [0.3, 0.4) is 0 Å². The van der Waals surface area contributed by atoms with Crippen molar-refractivity contribution in [3.63, 3.8) is 0 Å². The van der Waals surface area contributed by atoms with Crippen LogP contribution < -0.4 is 14.8 Å². The zero-order valence-corrected chi connectivity index (χ0v) is 17.4. The van der Waals surface area contributed by atoms with Gasteiger partial charge in [0.2, 0.25) is 11.6 Å². The highest BCUT2D eigenvalue weighted by molar-refractivity contribution is 5.68. The summed E-state index contributed by atoms with van der Waals surface area (Å²) in [5.41, 5.74) is 4.20. The predicted octanol–water partition coefficient (Wildman–Crippen LogP) is 5.43. The summed E-state index contributed by atoms with van der Waals surface area (Å²) in [4.78, 5) is 0. The number of benzene rings is 2. The van der Waals surface area contributed by atoms with Gasteiger partial charge in [0.1, 0.15) is 17.1 Å². The van der Waals surface area contributed by atoms with E-state index < -0.39 is 5.72 Å². The SMILES string of the molecule is CC1=C[C@@]2(Nc3cc(C(C)(C)C)ccc3O2)c2c(C)nn(-c3ccccc3)c2O1. The predicted molar refractivity (Wildman–Crippen MR) is 114 cm³/mol. The van der Waals surface area contributed by atoms with Gasteiger partial charge in [-0.05, 0) is 49.1 Å². The maximum atomic E-state index is 6.51. The average Bonchev–Trinajstić information content (AvgIpc) is 3.18. The van der Waals surface area contributed by atoms with Crippen LogP contribution in [-0.2, 0) is 11.1 Å². The Bertz CT molecular complexity index is 1140. The molecule has 2 aliphatic rings. The van der Waals surface area contributed by atoms with Crippen molar-refractivity contribution in [2.45, 2.75) is 45.8 Å². The summed E-state index contributed by atoms with van der Waals surface area (Å²) in [6, 6.07) is 16.4. The van der Waals surface area contributed by atoms with Crippen molar-refractivity contribution < 1.29 is 9.47 Å². The van der Waals surface area contributed by atoms with Crippen molar-refractivity contribution >= 4 is 5.69 Å². The fraction of sp³-hybridized carbons (Fsp3) is 0.292. The Labute approximate surface area is 171 Å².